The second-order valence-electron chi connectivity index (χ2n) is 6.60. The van der Waals surface area contributed by atoms with Crippen LogP contribution in [0.4, 0.5) is 0 Å². The number of pyridine rings is 1. The number of hydrogen-bond donors (Lipinski definition) is 1. The second-order valence-corrected chi connectivity index (χ2v) is 7.46. The highest BCUT2D eigenvalue weighted by Gasteiger charge is 2.18. The Balaban J connectivity index is 0.000000500. The Hall–Kier alpha value is -2.75. The second kappa shape index (κ2) is 8.51. The highest BCUT2D eigenvalue weighted by molar-refractivity contribution is 7.79. The average Bonchev–Trinajstić information content (AvgIpc) is 2.92. The molecule has 9 heteroatoms. The normalized spacial score (nSPS) is 11.1. The van der Waals surface area contributed by atoms with Crippen molar-refractivity contribution in [2.45, 2.75) is 20.3 Å². The minimum atomic E-state index is -4.92. The fourth-order valence-corrected chi connectivity index (χ4v) is 2.61. The summed E-state index contributed by atoms with van der Waals surface area (Å²) in [4.78, 5) is 18.6. The zero-order valence-corrected chi connectivity index (χ0v) is 16.9. The van der Waals surface area contributed by atoms with E-state index in [0.717, 1.165) is 28.2 Å². The lowest BCUT2D eigenvalue weighted by Gasteiger charge is -2.11. The summed E-state index contributed by atoms with van der Waals surface area (Å²) in [7, 11) is -1.36. The van der Waals surface area contributed by atoms with Gasteiger partial charge in [-0.25, -0.2) is 13.4 Å². The van der Waals surface area contributed by atoms with Crippen LogP contribution in [0.5, 0.6) is 0 Å². The smallest absolute Gasteiger partial charge is 0.228 e. The molecule has 150 valence electrons. The van der Waals surface area contributed by atoms with Gasteiger partial charge in [0.25, 0.3) is 0 Å². The molecule has 0 atom stereocenters. The molecule has 3 rings (SSSR count). The fourth-order valence-electron chi connectivity index (χ4n) is 2.61. The van der Waals surface area contributed by atoms with Crippen molar-refractivity contribution in [3.8, 4) is 11.3 Å². The first kappa shape index (κ1) is 21.5. The fraction of sp³-hybridized carbons (Fsp3) is 0.263. The molecule has 1 amide bonds. The van der Waals surface area contributed by atoms with Crippen molar-refractivity contribution in [1.82, 2.24) is 14.3 Å². The van der Waals surface area contributed by atoms with E-state index in [1.165, 1.54) is 5.56 Å². The van der Waals surface area contributed by atoms with Crippen molar-refractivity contribution in [3.05, 3.63) is 59.4 Å². The molecule has 0 radical (unpaired) electrons. The number of likely N-dealkylation sites (N-methyl/N-ethyl adjacent to an activating group) is 1. The number of carbonyl (C=O) groups excluding carboxylic acids is 1. The van der Waals surface area contributed by atoms with Gasteiger partial charge < -0.3 is 13.9 Å². The number of carbonyl (C=O) groups is 1. The molecule has 1 N–H and O–H groups in total. The molecule has 0 spiro atoms. The maximum atomic E-state index is 12.3. The number of aryl methyl sites for hydroxylation is 2. The molecule has 0 aliphatic carbocycles. The van der Waals surface area contributed by atoms with E-state index < -0.39 is 10.4 Å². The number of aromatic nitrogens is 2. The predicted octanol–water partition coefficient (Wildman–Crippen LogP) is 2.25. The first-order valence-corrected chi connectivity index (χ1v) is 9.75. The number of nitrogens with zero attached hydrogens (tertiary/aromatic N) is 3. The maximum Gasteiger partial charge on any atom is 0.228 e. The number of rotatable bonds is 3. The molecular formula is C19H22N3O5S-. The molecule has 0 aliphatic heterocycles. The van der Waals surface area contributed by atoms with Gasteiger partial charge in [0.05, 0.1) is 17.8 Å². The van der Waals surface area contributed by atoms with Crippen LogP contribution in [0.15, 0.2) is 42.6 Å². The van der Waals surface area contributed by atoms with E-state index in [9.17, 15) is 4.79 Å². The molecule has 0 saturated heterocycles. The first-order valence-electron chi connectivity index (χ1n) is 8.39. The molecule has 2 heterocycles. The maximum absolute atomic E-state index is 12.3. The molecule has 2 aromatic heterocycles. The lowest BCUT2D eigenvalue weighted by atomic mass is 10.1. The van der Waals surface area contributed by atoms with E-state index in [4.69, 9.17) is 22.5 Å². The van der Waals surface area contributed by atoms with Crippen LogP contribution in [0, 0.1) is 13.8 Å². The summed E-state index contributed by atoms with van der Waals surface area (Å²) in [6.45, 7) is 4.11. The quantitative estimate of drug-likeness (QED) is 0.529. The van der Waals surface area contributed by atoms with Gasteiger partial charge in [0.15, 0.2) is 0 Å². The molecule has 1 aromatic carbocycles. The van der Waals surface area contributed by atoms with E-state index in [1.54, 1.807) is 19.0 Å². The lowest BCUT2D eigenvalue weighted by Crippen LogP contribution is -2.24. The van der Waals surface area contributed by atoms with Crippen LogP contribution < -0.4 is 0 Å². The van der Waals surface area contributed by atoms with Gasteiger partial charge in [-0.15, -0.1) is 0 Å². The van der Waals surface area contributed by atoms with Crippen molar-refractivity contribution in [1.29, 1.82) is 0 Å². The summed E-state index contributed by atoms with van der Waals surface area (Å²) in [5, 5.41) is 0. The van der Waals surface area contributed by atoms with Crippen LogP contribution in [-0.4, -0.2) is 51.8 Å². The minimum absolute atomic E-state index is 0.0710. The first-order chi connectivity index (χ1) is 13.0. The average molecular weight is 404 g/mol. The van der Waals surface area contributed by atoms with Crippen molar-refractivity contribution in [2.24, 2.45) is 0 Å². The number of amides is 1. The van der Waals surface area contributed by atoms with Gasteiger partial charge in [-0.05, 0) is 25.5 Å². The van der Waals surface area contributed by atoms with E-state index in [0.29, 0.717) is 6.42 Å². The third kappa shape index (κ3) is 5.88. The molecule has 0 saturated carbocycles. The van der Waals surface area contributed by atoms with E-state index in [-0.39, 0.29) is 5.91 Å². The number of imidazole rings is 1. The zero-order valence-electron chi connectivity index (χ0n) is 16.1. The van der Waals surface area contributed by atoms with Crippen LogP contribution in [0.25, 0.3) is 16.9 Å². The summed E-state index contributed by atoms with van der Waals surface area (Å²) in [5.41, 5.74) is 6.08. The van der Waals surface area contributed by atoms with E-state index >= 15 is 0 Å². The van der Waals surface area contributed by atoms with E-state index in [1.807, 2.05) is 29.7 Å². The van der Waals surface area contributed by atoms with Crippen LogP contribution in [0.1, 0.15) is 16.8 Å². The van der Waals surface area contributed by atoms with Gasteiger partial charge in [-0.3, -0.25) is 9.35 Å². The summed E-state index contributed by atoms with van der Waals surface area (Å²) in [6.07, 6.45) is 2.37. The predicted molar refractivity (Wildman–Crippen MR) is 105 cm³/mol. The molecular weight excluding hydrogens is 382 g/mol. The molecule has 3 aromatic rings. The monoisotopic (exact) mass is 404 g/mol. The van der Waals surface area contributed by atoms with Crippen molar-refractivity contribution < 1.29 is 22.3 Å². The van der Waals surface area contributed by atoms with Crippen molar-refractivity contribution >= 4 is 22.0 Å². The number of fused-ring (bicyclic) bond motifs is 1. The van der Waals surface area contributed by atoms with Crippen LogP contribution in [0.3, 0.4) is 0 Å². The minimum Gasteiger partial charge on any atom is -0.726 e. The third-order valence-corrected chi connectivity index (χ3v) is 4.01. The number of hydrogen-bond acceptors (Lipinski definition) is 5. The van der Waals surface area contributed by atoms with Crippen molar-refractivity contribution in [3.63, 3.8) is 0 Å². The van der Waals surface area contributed by atoms with Crippen LogP contribution in [-0.2, 0) is 21.6 Å². The van der Waals surface area contributed by atoms with Gasteiger partial charge >= 0.3 is 0 Å². The molecule has 0 aliphatic rings. The molecule has 0 bridgehead atoms. The Morgan fingerprint density at radius 2 is 1.64 bits per heavy atom. The lowest BCUT2D eigenvalue weighted by molar-refractivity contribution is -0.128. The summed E-state index contributed by atoms with van der Waals surface area (Å²) < 4.78 is 34.9. The van der Waals surface area contributed by atoms with Crippen LogP contribution in [0.2, 0.25) is 0 Å². The largest absolute Gasteiger partial charge is 0.726 e. The summed E-state index contributed by atoms with van der Waals surface area (Å²) in [6, 6.07) is 12.3. The van der Waals surface area contributed by atoms with Gasteiger partial charge in [0, 0.05) is 25.9 Å². The summed E-state index contributed by atoms with van der Waals surface area (Å²) >= 11 is 0. The van der Waals surface area contributed by atoms with Crippen molar-refractivity contribution in [2.75, 3.05) is 14.1 Å². The van der Waals surface area contributed by atoms with Gasteiger partial charge in [0.2, 0.25) is 16.3 Å². The van der Waals surface area contributed by atoms with Gasteiger partial charge in [-0.2, -0.15) is 0 Å². The third-order valence-electron chi connectivity index (χ3n) is 4.01. The Morgan fingerprint density at radius 1 is 1.11 bits per heavy atom. The molecule has 0 unspecified atom stereocenters. The highest BCUT2D eigenvalue weighted by Crippen LogP contribution is 2.26. The zero-order chi connectivity index (χ0) is 21.1. The topological polar surface area (TPSA) is 115 Å². The van der Waals surface area contributed by atoms with Gasteiger partial charge in [-0.1, -0.05) is 35.9 Å². The Morgan fingerprint density at radius 3 is 2.18 bits per heavy atom. The Bertz CT molecular complexity index is 1080. The molecule has 28 heavy (non-hydrogen) atoms. The SMILES string of the molecule is Cc1ccc(-c2nc3ccc(C)cn3c2CC(=O)N(C)C)cc1.O=S(=O)([O-])O. The van der Waals surface area contributed by atoms with Gasteiger partial charge in [0.1, 0.15) is 5.65 Å². The molecule has 8 nitrogen and oxygen atoms in total. The highest BCUT2D eigenvalue weighted by atomic mass is 32.3. The Kier molecular flexibility index (Phi) is 6.55. The van der Waals surface area contributed by atoms with E-state index in [2.05, 4.69) is 31.2 Å². The standard InChI is InChI=1S/C19H21N3O.H2O4S/c1-13-5-8-15(9-6-13)19-16(11-18(23)21(3)4)22-12-14(2)7-10-17(22)20-19;1-5(2,3)4/h5-10,12H,11H2,1-4H3;(H2,1,2,3,4)/p-1. The Labute approximate surface area is 164 Å². The molecule has 0 fully saturated rings. The summed E-state index contributed by atoms with van der Waals surface area (Å²) in [5.74, 6) is 0.0710. The van der Waals surface area contributed by atoms with Crippen LogP contribution >= 0.6 is 0 Å². The number of benzene rings is 1.